The smallest absolute Gasteiger partial charge is 0.0921 e. The van der Waals surface area contributed by atoms with Crippen LogP contribution in [-0.2, 0) is 0 Å². The molecule has 1 saturated carbocycles. The van der Waals surface area contributed by atoms with Gasteiger partial charge in [0.1, 0.15) is 0 Å². The number of hydrogen-bond acceptors (Lipinski definition) is 2. The van der Waals surface area contributed by atoms with Crippen LogP contribution >= 0.6 is 0 Å². The average Bonchev–Trinajstić information content (AvgIpc) is 2.06. The van der Waals surface area contributed by atoms with Crippen molar-refractivity contribution in [3.05, 3.63) is 0 Å². The van der Waals surface area contributed by atoms with Crippen molar-refractivity contribution in [1.82, 2.24) is 5.43 Å². The van der Waals surface area contributed by atoms with Crippen LogP contribution in [0.2, 0.25) is 0 Å². The molecule has 0 spiro atoms. The zero-order valence-electron chi connectivity index (χ0n) is 6.19. The molecule has 0 saturated heterocycles. The summed E-state index contributed by atoms with van der Waals surface area (Å²) in [5.74, 6) is 8.09. The molecule has 1 rings (SSSR count). The number of nitrogens with two attached hydrogens (primary N) is 1. The SMILES string of the molecule is C#CC1(NN)CCCCC1. The lowest BCUT2D eigenvalue weighted by molar-refractivity contribution is 0.305. The van der Waals surface area contributed by atoms with Gasteiger partial charge >= 0.3 is 0 Å². The number of rotatable bonds is 1. The van der Waals surface area contributed by atoms with Crippen LogP contribution in [0.1, 0.15) is 32.1 Å². The van der Waals surface area contributed by atoms with E-state index in [1.54, 1.807) is 0 Å². The first-order chi connectivity index (χ1) is 4.83. The Hall–Kier alpha value is -0.520. The Labute approximate surface area is 62.1 Å². The summed E-state index contributed by atoms with van der Waals surface area (Å²) in [6.07, 6.45) is 11.1. The molecule has 0 aromatic heterocycles. The standard InChI is InChI=1S/C8H14N2/c1-2-8(10-9)6-4-3-5-7-8/h1,10H,3-7,9H2. The van der Waals surface area contributed by atoms with Crippen LogP contribution < -0.4 is 11.3 Å². The topological polar surface area (TPSA) is 38.0 Å². The number of hydrazine groups is 1. The van der Waals surface area contributed by atoms with E-state index in [2.05, 4.69) is 11.3 Å². The van der Waals surface area contributed by atoms with Gasteiger partial charge in [0.25, 0.3) is 0 Å². The van der Waals surface area contributed by atoms with Gasteiger partial charge in [-0.1, -0.05) is 25.2 Å². The minimum atomic E-state index is -0.182. The number of terminal acetylenes is 1. The monoisotopic (exact) mass is 138 g/mol. The van der Waals surface area contributed by atoms with Gasteiger partial charge < -0.3 is 0 Å². The summed E-state index contributed by atoms with van der Waals surface area (Å²) in [6, 6.07) is 0. The molecule has 0 atom stereocenters. The van der Waals surface area contributed by atoms with E-state index in [1.807, 2.05) is 0 Å². The Kier molecular flexibility index (Phi) is 2.31. The van der Waals surface area contributed by atoms with E-state index in [9.17, 15) is 0 Å². The predicted octanol–water partition coefficient (Wildman–Crippen LogP) is 0.786. The Bertz CT molecular complexity index is 140. The fourth-order valence-corrected chi connectivity index (χ4v) is 1.49. The minimum Gasteiger partial charge on any atom is -0.270 e. The molecule has 0 unspecified atom stereocenters. The van der Waals surface area contributed by atoms with E-state index in [1.165, 1.54) is 19.3 Å². The second-order valence-corrected chi connectivity index (χ2v) is 2.93. The van der Waals surface area contributed by atoms with E-state index in [0.29, 0.717) is 0 Å². The fourth-order valence-electron chi connectivity index (χ4n) is 1.49. The molecule has 0 aromatic carbocycles. The number of hydrogen-bond donors (Lipinski definition) is 2. The summed E-state index contributed by atoms with van der Waals surface area (Å²) in [5, 5.41) is 0. The molecule has 0 aliphatic heterocycles. The quantitative estimate of drug-likeness (QED) is 0.319. The Morgan fingerprint density at radius 2 is 1.90 bits per heavy atom. The minimum absolute atomic E-state index is 0.182. The van der Waals surface area contributed by atoms with Crippen molar-refractivity contribution >= 4 is 0 Å². The maximum atomic E-state index is 5.36. The first-order valence-electron chi connectivity index (χ1n) is 3.78. The van der Waals surface area contributed by atoms with E-state index >= 15 is 0 Å². The summed E-state index contributed by atoms with van der Waals surface area (Å²) in [7, 11) is 0. The van der Waals surface area contributed by atoms with E-state index < -0.39 is 0 Å². The molecule has 2 nitrogen and oxygen atoms in total. The zero-order valence-corrected chi connectivity index (χ0v) is 6.19. The van der Waals surface area contributed by atoms with Gasteiger partial charge in [0.05, 0.1) is 5.54 Å². The molecule has 10 heavy (non-hydrogen) atoms. The number of nitrogens with one attached hydrogen (secondary N) is 1. The molecule has 0 heterocycles. The Balaban J connectivity index is 2.55. The van der Waals surface area contributed by atoms with Crippen molar-refractivity contribution in [3.63, 3.8) is 0 Å². The maximum absolute atomic E-state index is 5.36. The van der Waals surface area contributed by atoms with Gasteiger partial charge in [-0.2, -0.15) is 0 Å². The van der Waals surface area contributed by atoms with Crippen LogP contribution in [0.15, 0.2) is 0 Å². The van der Waals surface area contributed by atoms with Gasteiger partial charge in [-0.05, 0) is 12.8 Å². The van der Waals surface area contributed by atoms with Crippen LogP contribution in [-0.4, -0.2) is 5.54 Å². The highest BCUT2D eigenvalue weighted by atomic mass is 15.3. The van der Waals surface area contributed by atoms with Gasteiger partial charge in [-0.15, -0.1) is 6.42 Å². The largest absolute Gasteiger partial charge is 0.270 e. The highest BCUT2D eigenvalue weighted by molar-refractivity contribution is 5.12. The van der Waals surface area contributed by atoms with Crippen molar-refractivity contribution in [1.29, 1.82) is 0 Å². The molecule has 2 heteroatoms. The van der Waals surface area contributed by atoms with Crippen molar-refractivity contribution in [3.8, 4) is 12.3 Å². The van der Waals surface area contributed by atoms with Crippen molar-refractivity contribution < 1.29 is 0 Å². The Morgan fingerprint density at radius 3 is 2.20 bits per heavy atom. The normalized spacial score (nSPS) is 23.6. The van der Waals surface area contributed by atoms with Crippen molar-refractivity contribution in [2.24, 2.45) is 5.84 Å². The molecular weight excluding hydrogens is 124 g/mol. The molecule has 1 aliphatic rings. The third-order valence-corrected chi connectivity index (χ3v) is 2.26. The van der Waals surface area contributed by atoms with Crippen LogP contribution in [0, 0.1) is 12.3 Å². The second kappa shape index (κ2) is 3.05. The third-order valence-electron chi connectivity index (χ3n) is 2.26. The predicted molar refractivity (Wildman–Crippen MR) is 42.0 cm³/mol. The summed E-state index contributed by atoms with van der Waals surface area (Å²) in [5.41, 5.74) is 2.55. The molecule has 0 bridgehead atoms. The maximum Gasteiger partial charge on any atom is 0.0921 e. The molecule has 0 aromatic rings. The van der Waals surface area contributed by atoms with Crippen molar-refractivity contribution in [2.45, 2.75) is 37.6 Å². The van der Waals surface area contributed by atoms with E-state index in [4.69, 9.17) is 12.3 Å². The van der Waals surface area contributed by atoms with E-state index in [0.717, 1.165) is 12.8 Å². The molecule has 0 amide bonds. The van der Waals surface area contributed by atoms with Crippen LogP contribution in [0.5, 0.6) is 0 Å². The lowest BCUT2D eigenvalue weighted by Gasteiger charge is -2.31. The van der Waals surface area contributed by atoms with Gasteiger partial charge in [0.15, 0.2) is 0 Å². The molecule has 1 fully saturated rings. The van der Waals surface area contributed by atoms with Gasteiger partial charge in [-0.25, -0.2) is 5.43 Å². The van der Waals surface area contributed by atoms with Crippen LogP contribution in [0.3, 0.4) is 0 Å². The first-order valence-corrected chi connectivity index (χ1v) is 3.78. The lowest BCUT2D eigenvalue weighted by Crippen LogP contribution is -2.49. The molecule has 56 valence electrons. The summed E-state index contributed by atoms with van der Waals surface area (Å²) in [6.45, 7) is 0. The van der Waals surface area contributed by atoms with Crippen molar-refractivity contribution in [2.75, 3.05) is 0 Å². The zero-order chi connectivity index (χ0) is 7.45. The fraction of sp³-hybridized carbons (Fsp3) is 0.750. The highest BCUT2D eigenvalue weighted by Gasteiger charge is 2.27. The summed E-state index contributed by atoms with van der Waals surface area (Å²) >= 11 is 0. The van der Waals surface area contributed by atoms with Gasteiger partial charge in [0.2, 0.25) is 0 Å². The highest BCUT2D eigenvalue weighted by Crippen LogP contribution is 2.26. The average molecular weight is 138 g/mol. The van der Waals surface area contributed by atoms with Gasteiger partial charge in [-0.3, -0.25) is 5.84 Å². The van der Waals surface area contributed by atoms with Crippen LogP contribution in [0.4, 0.5) is 0 Å². The first kappa shape index (κ1) is 7.59. The second-order valence-electron chi connectivity index (χ2n) is 2.93. The Morgan fingerprint density at radius 1 is 1.30 bits per heavy atom. The molecule has 3 N–H and O–H groups in total. The summed E-state index contributed by atoms with van der Waals surface area (Å²) in [4.78, 5) is 0. The molecule has 1 aliphatic carbocycles. The van der Waals surface area contributed by atoms with Crippen LogP contribution in [0.25, 0.3) is 0 Å². The summed E-state index contributed by atoms with van der Waals surface area (Å²) < 4.78 is 0. The molecule has 0 radical (unpaired) electrons. The van der Waals surface area contributed by atoms with E-state index in [-0.39, 0.29) is 5.54 Å². The third kappa shape index (κ3) is 1.31. The van der Waals surface area contributed by atoms with Gasteiger partial charge in [0, 0.05) is 0 Å². The lowest BCUT2D eigenvalue weighted by atomic mass is 9.83. The molecular formula is C8H14N2.